The zero-order chi connectivity index (χ0) is 11.9. The van der Waals surface area contributed by atoms with Crippen LogP contribution in [-0.2, 0) is 10.1 Å². The SMILES string of the molecule is NC1C=C([N+](=O)[O-])C=CC1(O)S(=O)(=O)O. The van der Waals surface area contributed by atoms with Gasteiger partial charge in [-0.25, -0.2) is 0 Å². The summed E-state index contributed by atoms with van der Waals surface area (Å²) in [5, 5.41) is 19.8. The number of hydrogen-bond donors (Lipinski definition) is 3. The molecule has 8 nitrogen and oxygen atoms in total. The van der Waals surface area contributed by atoms with Crippen LogP contribution in [0, 0.1) is 10.1 Å². The molecule has 0 aromatic heterocycles. The van der Waals surface area contributed by atoms with E-state index >= 15 is 0 Å². The van der Waals surface area contributed by atoms with Crippen LogP contribution in [-0.4, -0.2) is 34.0 Å². The first-order chi connectivity index (χ1) is 6.68. The topological polar surface area (TPSA) is 144 Å². The summed E-state index contributed by atoms with van der Waals surface area (Å²) >= 11 is 0. The van der Waals surface area contributed by atoms with E-state index in [1.54, 1.807) is 0 Å². The summed E-state index contributed by atoms with van der Waals surface area (Å²) in [7, 11) is -4.85. The fraction of sp³-hybridized carbons (Fsp3) is 0.333. The van der Waals surface area contributed by atoms with E-state index in [0.29, 0.717) is 6.08 Å². The quantitative estimate of drug-likeness (QED) is 0.304. The normalized spacial score (nSPS) is 31.1. The fourth-order valence-electron chi connectivity index (χ4n) is 1.05. The van der Waals surface area contributed by atoms with E-state index in [1.165, 1.54) is 0 Å². The van der Waals surface area contributed by atoms with Crippen LogP contribution in [0.3, 0.4) is 0 Å². The van der Waals surface area contributed by atoms with Gasteiger partial charge in [-0.05, 0) is 6.08 Å². The summed E-state index contributed by atoms with van der Waals surface area (Å²) < 4.78 is 30.2. The minimum Gasteiger partial charge on any atom is -0.368 e. The van der Waals surface area contributed by atoms with Gasteiger partial charge in [-0.15, -0.1) is 0 Å². The Labute approximate surface area is 84.6 Å². The molecule has 2 unspecified atom stereocenters. The highest BCUT2D eigenvalue weighted by atomic mass is 32.2. The Kier molecular flexibility index (Phi) is 2.65. The van der Waals surface area contributed by atoms with Crippen LogP contribution < -0.4 is 5.73 Å². The molecule has 2 atom stereocenters. The van der Waals surface area contributed by atoms with Gasteiger partial charge in [0.2, 0.25) is 4.93 Å². The van der Waals surface area contributed by atoms with Gasteiger partial charge < -0.3 is 10.8 Å². The van der Waals surface area contributed by atoms with Crippen molar-refractivity contribution in [2.45, 2.75) is 11.0 Å². The average molecular weight is 236 g/mol. The number of rotatable bonds is 2. The van der Waals surface area contributed by atoms with Crippen molar-refractivity contribution >= 4 is 10.1 Å². The van der Waals surface area contributed by atoms with Crippen LogP contribution in [0.15, 0.2) is 23.9 Å². The molecule has 84 valence electrons. The Morgan fingerprint density at radius 3 is 2.47 bits per heavy atom. The number of nitrogens with zero attached hydrogens (tertiary/aromatic N) is 1. The number of nitrogens with two attached hydrogens (primary N) is 1. The second kappa shape index (κ2) is 3.38. The lowest BCUT2D eigenvalue weighted by atomic mass is 10.0. The maximum Gasteiger partial charge on any atom is 0.300 e. The van der Waals surface area contributed by atoms with Gasteiger partial charge >= 0.3 is 10.1 Å². The zero-order valence-electron chi connectivity index (χ0n) is 7.27. The molecule has 0 aliphatic heterocycles. The molecule has 0 saturated carbocycles. The Bertz CT molecular complexity index is 452. The first kappa shape index (κ1) is 11.8. The van der Waals surface area contributed by atoms with Crippen molar-refractivity contribution in [2.24, 2.45) is 5.73 Å². The summed E-state index contributed by atoms with van der Waals surface area (Å²) in [6.07, 6.45) is 2.08. The molecule has 0 amide bonds. The maximum atomic E-state index is 10.8. The van der Waals surface area contributed by atoms with E-state index < -0.39 is 31.7 Å². The third kappa shape index (κ3) is 1.90. The second-order valence-electron chi connectivity index (χ2n) is 2.93. The van der Waals surface area contributed by atoms with Crippen LogP contribution in [0.25, 0.3) is 0 Å². The molecule has 0 aromatic rings. The highest BCUT2D eigenvalue weighted by Crippen LogP contribution is 2.25. The summed E-state index contributed by atoms with van der Waals surface area (Å²) in [6.45, 7) is 0. The molecule has 0 heterocycles. The predicted molar refractivity (Wildman–Crippen MR) is 48.7 cm³/mol. The van der Waals surface area contributed by atoms with Crippen LogP contribution in [0.5, 0.6) is 0 Å². The Hall–Kier alpha value is -1.29. The smallest absolute Gasteiger partial charge is 0.300 e. The van der Waals surface area contributed by atoms with Crippen molar-refractivity contribution in [3.8, 4) is 0 Å². The lowest BCUT2D eigenvalue weighted by molar-refractivity contribution is -0.419. The summed E-state index contributed by atoms with van der Waals surface area (Å²) in [6, 6.07) is -1.60. The molecular formula is C6H8N2O6S. The van der Waals surface area contributed by atoms with E-state index in [2.05, 4.69) is 0 Å². The molecule has 1 aliphatic carbocycles. The van der Waals surface area contributed by atoms with Gasteiger partial charge in [0, 0.05) is 12.2 Å². The lowest BCUT2D eigenvalue weighted by Gasteiger charge is -2.27. The van der Waals surface area contributed by atoms with E-state index in [9.17, 15) is 23.6 Å². The maximum absolute atomic E-state index is 10.8. The molecule has 0 bridgehead atoms. The molecular weight excluding hydrogens is 228 g/mol. The molecule has 0 spiro atoms. The Morgan fingerprint density at radius 2 is 2.13 bits per heavy atom. The predicted octanol–water partition coefficient (Wildman–Crippen LogP) is -1.38. The molecule has 0 fully saturated rings. The van der Waals surface area contributed by atoms with Gasteiger partial charge in [-0.3, -0.25) is 14.7 Å². The largest absolute Gasteiger partial charge is 0.368 e. The van der Waals surface area contributed by atoms with Crippen LogP contribution in [0.4, 0.5) is 0 Å². The monoisotopic (exact) mass is 236 g/mol. The highest BCUT2D eigenvalue weighted by Gasteiger charge is 2.46. The molecule has 0 saturated heterocycles. The van der Waals surface area contributed by atoms with Crippen molar-refractivity contribution in [1.82, 2.24) is 0 Å². The first-order valence-electron chi connectivity index (χ1n) is 3.69. The van der Waals surface area contributed by atoms with Gasteiger partial charge in [-0.2, -0.15) is 8.42 Å². The van der Waals surface area contributed by atoms with Crippen LogP contribution >= 0.6 is 0 Å². The average Bonchev–Trinajstić information content (AvgIpc) is 2.07. The zero-order valence-corrected chi connectivity index (χ0v) is 8.09. The molecule has 0 aromatic carbocycles. The third-order valence-corrected chi connectivity index (χ3v) is 3.18. The molecule has 4 N–H and O–H groups in total. The highest BCUT2D eigenvalue weighted by molar-refractivity contribution is 7.87. The third-order valence-electron chi connectivity index (χ3n) is 1.94. The standard InChI is InChI=1S/C6H8N2O6S/c7-5-3-4(8(10)11)1-2-6(5,9)15(12,13)14/h1-3,5,9H,7H2,(H,12,13,14). The van der Waals surface area contributed by atoms with Gasteiger partial charge in [0.15, 0.2) is 0 Å². The minimum absolute atomic E-state index is 0.448. The van der Waals surface area contributed by atoms with Gasteiger partial charge in [0.05, 0.1) is 11.0 Å². The number of nitro groups is 1. The minimum atomic E-state index is -4.85. The van der Waals surface area contributed by atoms with E-state index in [4.69, 9.17) is 10.3 Å². The summed E-state index contributed by atoms with van der Waals surface area (Å²) in [5.41, 5.74) is 4.76. The molecule has 15 heavy (non-hydrogen) atoms. The summed E-state index contributed by atoms with van der Waals surface area (Å²) in [4.78, 5) is 6.79. The molecule has 1 rings (SSSR count). The molecule has 0 radical (unpaired) electrons. The van der Waals surface area contributed by atoms with Gasteiger partial charge in [-0.1, -0.05) is 0 Å². The van der Waals surface area contributed by atoms with Gasteiger partial charge in [0.25, 0.3) is 5.70 Å². The number of aliphatic hydroxyl groups is 1. The van der Waals surface area contributed by atoms with Crippen molar-refractivity contribution in [3.63, 3.8) is 0 Å². The van der Waals surface area contributed by atoms with E-state index in [-0.39, 0.29) is 0 Å². The summed E-state index contributed by atoms with van der Waals surface area (Å²) in [5.74, 6) is 0. The lowest BCUT2D eigenvalue weighted by Crippen LogP contribution is -2.52. The Morgan fingerprint density at radius 1 is 1.60 bits per heavy atom. The van der Waals surface area contributed by atoms with E-state index in [1.807, 2.05) is 0 Å². The van der Waals surface area contributed by atoms with Crippen LogP contribution in [0.2, 0.25) is 0 Å². The molecule has 9 heteroatoms. The first-order valence-corrected chi connectivity index (χ1v) is 5.13. The van der Waals surface area contributed by atoms with Crippen molar-refractivity contribution in [1.29, 1.82) is 0 Å². The van der Waals surface area contributed by atoms with Crippen molar-refractivity contribution in [2.75, 3.05) is 0 Å². The van der Waals surface area contributed by atoms with Gasteiger partial charge in [0.1, 0.15) is 0 Å². The Balaban J connectivity index is 3.17. The molecule has 1 aliphatic rings. The fourth-order valence-corrected chi connectivity index (χ4v) is 1.71. The van der Waals surface area contributed by atoms with Crippen molar-refractivity contribution in [3.05, 3.63) is 34.0 Å². The van der Waals surface area contributed by atoms with Crippen molar-refractivity contribution < 1.29 is 23.0 Å². The van der Waals surface area contributed by atoms with E-state index in [0.717, 1.165) is 12.2 Å². The second-order valence-corrected chi connectivity index (χ2v) is 4.54. The van der Waals surface area contributed by atoms with Crippen LogP contribution in [0.1, 0.15) is 0 Å². The number of allylic oxidation sites excluding steroid dienone is 1. The number of hydrogen-bond acceptors (Lipinski definition) is 6.